The van der Waals surface area contributed by atoms with E-state index in [9.17, 15) is 9.59 Å². The topological polar surface area (TPSA) is 78.4 Å². The Kier molecular flexibility index (Phi) is 7.49. The predicted molar refractivity (Wildman–Crippen MR) is 76.2 cm³/mol. The molecule has 1 unspecified atom stereocenters. The highest BCUT2D eigenvalue weighted by molar-refractivity contribution is 5.83. The van der Waals surface area contributed by atoms with Crippen molar-refractivity contribution in [3.05, 3.63) is 0 Å². The van der Waals surface area contributed by atoms with Gasteiger partial charge >= 0.3 is 12.0 Å². The molecule has 112 valence electrons. The van der Waals surface area contributed by atoms with Crippen molar-refractivity contribution >= 4 is 12.0 Å². The zero-order chi connectivity index (χ0) is 15.1. The second-order valence-electron chi connectivity index (χ2n) is 6.15. The third-order valence-corrected chi connectivity index (χ3v) is 3.01. The standard InChI is InChI=1S/C14H28N2O3/c1-6-7-8-9-10(2)15-13(19)16-11(12(17)18)14(3,4)5/h10-11H,6-9H2,1-5H3,(H,17,18)(H2,15,16,19)/t10?,11-/m0/s1. The highest BCUT2D eigenvalue weighted by atomic mass is 16.4. The first-order valence-corrected chi connectivity index (χ1v) is 6.98. The SMILES string of the molecule is CCCCCC(C)NC(=O)N[C@@H](C(=O)O)C(C)(C)C. The maximum atomic E-state index is 11.8. The van der Waals surface area contributed by atoms with Crippen molar-refractivity contribution in [2.45, 2.75) is 72.4 Å². The van der Waals surface area contributed by atoms with Gasteiger partial charge in [0.15, 0.2) is 0 Å². The molecule has 0 heterocycles. The molecule has 0 aromatic rings. The van der Waals surface area contributed by atoms with Crippen LogP contribution in [0.15, 0.2) is 0 Å². The molecule has 0 radical (unpaired) electrons. The normalized spacial score (nSPS) is 14.6. The second-order valence-corrected chi connectivity index (χ2v) is 6.15. The first kappa shape index (κ1) is 17.7. The molecule has 3 N–H and O–H groups in total. The van der Waals surface area contributed by atoms with Gasteiger partial charge in [0.25, 0.3) is 0 Å². The summed E-state index contributed by atoms with van der Waals surface area (Å²) in [5.74, 6) is -1.01. The molecule has 5 heteroatoms. The van der Waals surface area contributed by atoms with E-state index in [0.717, 1.165) is 25.7 Å². The number of carboxylic acid groups (broad SMARTS) is 1. The Morgan fingerprint density at radius 1 is 1.16 bits per heavy atom. The van der Waals surface area contributed by atoms with E-state index in [4.69, 9.17) is 5.11 Å². The maximum Gasteiger partial charge on any atom is 0.326 e. The van der Waals surface area contributed by atoms with E-state index < -0.39 is 23.5 Å². The minimum atomic E-state index is -1.01. The van der Waals surface area contributed by atoms with Crippen molar-refractivity contribution in [2.75, 3.05) is 0 Å². The fourth-order valence-corrected chi connectivity index (χ4v) is 1.82. The lowest BCUT2D eigenvalue weighted by Gasteiger charge is -2.28. The van der Waals surface area contributed by atoms with Crippen LogP contribution in [0.2, 0.25) is 0 Å². The fourth-order valence-electron chi connectivity index (χ4n) is 1.82. The van der Waals surface area contributed by atoms with E-state index in [1.54, 1.807) is 20.8 Å². The predicted octanol–water partition coefficient (Wildman–Crippen LogP) is 2.75. The second kappa shape index (κ2) is 8.02. The fraction of sp³-hybridized carbons (Fsp3) is 0.857. The van der Waals surface area contributed by atoms with Crippen molar-refractivity contribution in [1.82, 2.24) is 10.6 Å². The number of hydrogen-bond acceptors (Lipinski definition) is 2. The summed E-state index contributed by atoms with van der Waals surface area (Å²) in [4.78, 5) is 22.9. The Balaban J connectivity index is 4.24. The molecule has 0 aromatic carbocycles. The molecule has 0 rings (SSSR count). The van der Waals surface area contributed by atoms with Crippen LogP contribution in [-0.4, -0.2) is 29.2 Å². The molecular formula is C14H28N2O3. The van der Waals surface area contributed by atoms with Crippen molar-refractivity contribution in [1.29, 1.82) is 0 Å². The number of nitrogens with one attached hydrogen (secondary N) is 2. The summed E-state index contributed by atoms with van der Waals surface area (Å²) in [5.41, 5.74) is -0.519. The van der Waals surface area contributed by atoms with E-state index in [-0.39, 0.29) is 6.04 Å². The average Bonchev–Trinajstić information content (AvgIpc) is 2.24. The molecule has 0 spiro atoms. The van der Waals surface area contributed by atoms with E-state index >= 15 is 0 Å². The van der Waals surface area contributed by atoms with Crippen LogP contribution < -0.4 is 10.6 Å². The molecule has 0 saturated carbocycles. The van der Waals surface area contributed by atoms with Gasteiger partial charge in [0, 0.05) is 6.04 Å². The first-order valence-electron chi connectivity index (χ1n) is 6.98. The monoisotopic (exact) mass is 272 g/mol. The minimum absolute atomic E-state index is 0.0564. The van der Waals surface area contributed by atoms with Crippen LogP contribution in [0.25, 0.3) is 0 Å². The number of carbonyl (C=O) groups is 2. The van der Waals surface area contributed by atoms with Gasteiger partial charge in [-0.1, -0.05) is 47.0 Å². The Morgan fingerprint density at radius 3 is 2.16 bits per heavy atom. The molecule has 0 aromatic heterocycles. The summed E-state index contributed by atoms with van der Waals surface area (Å²) < 4.78 is 0. The third kappa shape index (κ3) is 7.70. The third-order valence-electron chi connectivity index (χ3n) is 3.01. The number of hydrogen-bond donors (Lipinski definition) is 3. The summed E-state index contributed by atoms with van der Waals surface area (Å²) >= 11 is 0. The number of unbranched alkanes of at least 4 members (excludes halogenated alkanes) is 2. The largest absolute Gasteiger partial charge is 0.480 e. The number of amides is 2. The number of carboxylic acids is 1. The number of rotatable bonds is 7. The van der Waals surface area contributed by atoms with Crippen LogP contribution >= 0.6 is 0 Å². The Hall–Kier alpha value is -1.26. The smallest absolute Gasteiger partial charge is 0.326 e. The summed E-state index contributed by atoms with van der Waals surface area (Å²) in [6, 6.07) is -1.25. The van der Waals surface area contributed by atoms with Crippen LogP contribution in [0.5, 0.6) is 0 Å². The van der Waals surface area contributed by atoms with Crippen molar-refractivity contribution in [3.8, 4) is 0 Å². The number of carbonyl (C=O) groups excluding carboxylic acids is 1. The Labute approximate surface area is 116 Å². The van der Waals surface area contributed by atoms with Gasteiger partial charge in [0.2, 0.25) is 0 Å². The molecule has 0 bridgehead atoms. The summed E-state index contributed by atoms with van der Waals surface area (Å²) in [6.07, 6.45) is 4.27. The summed E-state index contributed by atoms with van der Waals surface area (Å²) in [5, 5.41) is 14.4. The van der Waals surface area contributed by atoms with Gasteiger partial charge in [-0.25, -0.2) is 9.59 Å². The van der Waals surface area contributed by atoms with Crippen LogP contribution in [-0.2, 0) is 4.79 Å². The van der Waals surface area contributed by atoms with Gasteiger partial charge in [0.05, 0.1) is 0 Å². The highest BCUT2D eigenvalue weighted by Gasteiger charge is 2.32. The molecule has 0 saturated heterocycles. The van der Waals surface area contributed by atoms with Gasteiger partial charge in [-0.05, 0) is 18.8 Å². The van der Waals surface area contributed by atoms with E-state index in [1.165, 1.54) is 0 Å². The van der Waals surface area contributed by atoms with Crippen molar-refractivity contribution in [2.24, 2.45) is 5.41 Å². The zero-order valence-corrected chi connectivity index (χ0v) is 12.7. The molecule has 0 aliphatic rings. The minimum Gasteiger partial charge on any atom is -0.480 e. The molecular weight excluding hydrogens is 244 g/mol. The van der Waals surface area contributed by atoms with Crippen molar-refractivity contribution in [3.63, 3.8) is 0 Å². The lowest BCUT2D eigenvalue weighted by molar-refractivity contribution is -0.141. The van der Waals surface area contributed by atoms with Crippen LogP contribution in [0.1, 0.15) is 60.3 Å². The van der Waals surface area contributed by atoms with E-state index in [0.29, 0.717) is 0 Å². The van der Waals surface area contributed by atoms with Gasteiger partial charge in [-0.2, -0.15) is 0 Å². The molecule has 0 aliphatic carbocycles. The van der Waals surface area contributed by atoms with Crippen molar-refractivity contribution < 1.29 is 14.7 Å². The molecule has 0 fully saturated rings. The Morgan fingerprint density at radius 2 is 1.74 bits per heavy atom. The summed E-state index contributed by atoms with van der Waals surface area (Å²) in [7, 11) is 0. The van der Waals surface area contributed by atoms with Gasteiger partial charge in [-0.3, -0.25) is 0 Å². The zero-order valence-electron chi connectivity index (χ0n) is 12.7. The average molecular weight is 272 g/mol. The van der Waals surface area contributed by atoms with E-state index in [2.05, 4.69) is 17.6 Å². The molecule has 0 aliphatic heterocycles. The lowest BCUT2D eigenvalue weighted by atomic mass is 9.87. The number of urea groups is 1. The maximum absolute atomic E-state index is 11.8. The molecule has 5 nitrogen and oxygen atoms in total. The van der Waals surface area contributed by atoms with E-state index in [1.807, 2.05) is 6.92 Å². The molecule has 2 amide bonds. The van der Waals surface area contributed by atoms with Crippen LogP contribution in [0.4, 0.5) is 4.79 Å². The quantitative estimate of drug-likeness (QED) is 0.623. The first-order chi connectivity index (χ1) is 8.68. The summed E-state index contributed by atoms with van der Waals surface area (Å²) in [6.45, 7) is 9.43. The highest BCUT2D eigenvalue weighted by Crippen LogP contribution is 2.19. The van der Waals surface area contributed by atoms with Crippen LogP contribution in [0, 0.1) is 5.41 Å². The molecule has 19 heavy (non-hydrogen) atoms. The Bertz CT molecular complexity index is 298. The van der Waals surface area contributed by atoms with Gasteiger partial charge in [-0.15, -0.1) is 0 Å². The van der Waals surface area contributed by atoms with Gasteiger partial charge < -0.3 is 15.7 Å². The van der Waals surface area contributed by atoms with Gasteiger partial charge in [0.1, 0.15) is 6.04 Å². The molecule has 2 atom stereocenters. The lowest BCUT2D eigenvalue weighted by Crippen LogP contribution is -2.53. The number of aliphatic carboxylic acids is 1. The van der Waals surface area contributed by atoms with Crippen LogP contribution in [0.3, 0.4) is 0 Å².